The molecule has 0 aliphatic heterocycles. The van der Waals surface area contributed by atoms with E-state index >= 15 is 0 Å². The number of benzene rings is 1. The van der Waals surface area contributed by atoms with Gasteiger partial charge in [0.2, 0.25) is 0 Å². The lowest BCUT2D eigenvalue weighted by Gasteiger charge is -2.11. The van der Waals surface area contributed by atoms with Crippen molar-refractivity contribution in [2.45, 2.75) is 45.4 Å². The topological polar surface area (TPSA) is 114 Å². The number of rotatable bonds is 8. The van der Waals surface area contributed by atoms with Crippen LogP contribution in [0.4, 0.5) is 0 Å². The van der Waals surface area contributed by atoms with Gasteiger partial charge in [-0.25, -0.2) is 4.79 Å². The number of hydrogen-bond acceptors (Lipinski definition) is 3. The molecule has 0 saturated heterocycles. The van der Waals surface area contributed by atoms with Crippen LogP contribution in [0.25, 0.3) is 0 Å². The molecule has 1 rings (SSSR count). The lowest BCUT2D eigenvalue weighted by Crippen LogP contribution is -2.07. The first kappa shape index (κ1) is 18.1. The molecule has 5 heteroatoms. The van der Waals surface area contributed by atoms with Crippen LogP contribution in [0.1, 0.15) is 66.2 Å². The van der Waals surface area contributed by atoms with Gasteiger partial charge in [0, 0.05) is 12.0 Å². The van der Waals surface area contributed by atoms with Gasteiger partial charge in [-0.3, -0.25) is 4.79 Å². The Kier molecular flexibility index (Phi) is 8.24. The third kappa shape index (κ3) is 5.40. The average molecular weight is 281 g/mol. The summed E-state index contributed by atoms with van der Waals surface area (Å²) in [6.45, 7) is 2.13. The molecule has 0 unspecified atom stereocenters. The molecule has 5 N–H and O–H groups in total. The van der Waals surface area contributed by atoms with E-state index in [1.54, 1.807) is 0 Å². The predicted octanol–water partition coefficient (Wildman–Crippen LogP) is 3.38. The van der Waals surface area contributed by atoms with Crippen molar-refractivity contribution in [1.82, 2.24) is 6.15 Å². The molecule has 0 fully saturated rings. The van der Waals surface area contributed by atoms with E-state index in [0.717, 1.165) is 31.7 Å². The van der Waals surface area contributed by atoms with E-state index in [-0.39, 0.29) is 17.5 Å². The summed E-state index contributed by atoms with van der Waals surface area (Å²) in [6.07, 6.45) is 5.65. The largest absolute Gasteiger partial charge is 0.872 e. The first-order chi connectivity index (χ1) is 9.06. The number of carbonyl (C=O) groups is 2. The Morgan fingerprint density at radius 3 is 2.40 bits per heavy atom. The third-order valence-corrected chi connectivity index (χ3v) is 3.04. The molecule has 0 amide bonds. The molecule has 0 atom stereocenters. The van der Waals surface area contributed by atoms with E-state index in [9.17, 15) is 14.7 Å². The molecule has 0 aliphatic carbocycles. The Morgan fingerprint density at radius 1 is 1.15 bits per heavy atom. The molecule has 0 bridgehead atoms. The predicted molar refractivity (Wildman–Crippen MR) is 76.5 cm³/mol. The van der Waals surface area contributed by atoms with Crippen molar-refractivity contribution in [3.05, 3.63) is 29.3 Å². The minimum Gasteiger partial charge on any atom is -0.872 e. The Morgan fingerprint density at radius 2 is 1.80 bits per heavy atom. The number of ketones is 1. The van der Waals surface area contributed by atoms with Crippen LogP contribution in [0, 0.1) is 0 Å². The first-order valence-electron chi connectivity index (χ1n) is 6.63. The number of carbonyl (C=O) groups excluding carboxylic acids is 1. The van der Waals surface area contributed by atoms with Crippen molar-refractivity contribution in [3.8, 4) is 5.75 Å². The smallest absolute Gasteiger partial charge is 0.335 e. The van der Waals surface area contributed by atoms with Gasteiger partial charge in [0.25, 0.3) is 0 Å². The van der Waals surface area contributed by atoms with E-state index in [2.05, 4.69) is 6.92 Å². The summed E-state index contributed by atoms with van der Waals surface area (Å²) in [5.74, 6) is -1.95. The second-order valence-corrected chi connectivity index (χ2v) is 4.60. The van der Waals surface area contributed by atoms with Gasteiger partial charge in [-0.15, -0.1) is 0 Å². The molecule has 0 aliphatic rings. The van der Waals surface area contributed by atoms with E-state index in [1.807, 2.05) is 0 Å². The summed E-state index contributed by atoms with van der Waals surface area (Å²) in [7, 11) is 0. The van der Waals surface area contributed by atoms with Crippen LogP contribution in [0.3, 0.4) is 0 Å². The number of carboxylic acids is 1. The number of Topliss-reactive ketones (excluding diaryl/α,β-unsaturated/α-hetero) is 1. The Labute approximate surface area is 119 Å². The van der Waals surface area contributed by atoms with Crippen molar-refractivity contribution < 1.29 is 19.8 Å². The van der Waals surface area contributed by atoms with E-state index < -0.39 is 11.7 Å². The van der Waals surface area contributed by atoms with Gasteiger partial charge < -0.3 is 16.4 Å². The SMILES string of the molecule is CCCCCCCC(=O)c1ccc([O-])c(C(=O)O)c1.[NH4+]. The van der Waals surface area contributed by atoms with Gasteiger partial charge in [-0.2, -0.15) is 0 Å². The molecule has 0 saturated carbocycles. The fourth-order valence-electron chi connectivity index (χ4n) is 1.90. The summed E-state index contributed by atoms with van der Waals surface area (Å²) in [5.41, 5.74) is -0.0238. The maximum absolute atomic E-state index is 11.9. The zero-order chi connectivity index (χ0) is 14.3. The molecule has 0 spiro atoms. The number of carboxylic acid groups (broad SMARTS) is 1. The van der Waals surface area contributed by atoms with Crippen LogP contribution < -0.4 is 11.3 Å². The molecule has 0 heterocycles. The van der Waals surface area contributed by atoms with E-state index in [4.69, 9.17) is 5.11 Å². The minimum atomic E-state index is -1.29. The van der Waals surface area contributed by atoms with Crippen molar-refractivity contribution >= 4 is 11.8 Å². The number of unbranched alkanes of at least 4 members (excludes halogenated alkanes) is 4. The van der Waals surface area contributed by atoms with Gasteiger partial charge >= 0.3 is 5.97 Å². The zero-order valence-electron chi connectivity index (χ0n) is 12.1. The number of aromatic carboxylic acids is 1. The molecule has 112 valence electrons. The standard InChI is InChI=1S/C15H20O4.H3N/c1-2-3-4-5-6-7-13(16)11-8-9-14(17)12(10-11)15(18)19;/h8-10,17H,2-7H2,1H3,(H,18,19);1H3. The van der Waals surface area contributed by atoms with Gasteiger partial charge in [-0.05, 0) is 12.5 Å². The molecule has 1 aromatic rings. The van der Waals surface area contributed by atoms with Crippen LogP contribution in [-0.4, -0.2) is 16.9 Å². The lowest BCUT2D eigenvalue weighted by atomic mass is 10.0. The van der Waals surface area contributed by atoms with Gasteiger partial charge in [-0.1, -0.05) is 50.5 Å². The van der Waals surface area contributed by atoms with Crippen molar-refractivity contribution in [3.63, 3.8) is 0 Å². The molecule has 0 radical (unpaired) electrons. The lowest BCUT2D eigenvalue weighted by molar-refractivity contribution is -0.268. The van der Waals surface area contributed by atoms with E-state index in [1.165, 1.54) is 18.6 Å². The fraction of sp³-hybridized carbons (Fsp3) is 0.467. The highest BCUT2D eigenvalue weighted by molar-refractivity contribution is 5.99. The quantitative estimate of drug-likeness (QED) is 0.561. The van der Waals surface area contributed by atoms with Crippen LogP contribution in [0.15, 0.2) is 18.2 Å². The monoisotopic (exact) mass is 281 g/mol. The van der Waals surface area contributed by atoms with Crippen LogP contribution in [-0.2, 0) is 0 Å². The Bertz CT molecular complexity index is 457. The van der Waals surface area contributed by atoms with Crippen molar-refractivity contribution in [2.75, 3.05) is 0 Å². The summed E-state index contributed by atoms with van der Waals surface area (Å²) in [4.78, 5) is 22.7. The van der Waals surface area contributed by atoms with Gasteiger partial charge in [0.15, 0.2) is 5.78 Å². The molecule has 5 nitrogen and oxygen atoms in total. The summed E-state index contributed by atoms with van der Waals surface area (Å²) >= 11 is 0. The third-order valence-electron chi connectivity index (χ3n) is 3.04. The molecule has 0 aromatic heterocycles. The summed E-state index contributed by atoms with van der Waals surface area (Å²) in [6, 6.07) is 3.73. The van der Waals surface area contributed by atoms with Crippen LogP contribution in [0.5, 0.6) is 5.75 Å². The number of hydrogen-bond donors (Lipinski definition) is 2. The fourth-order valence-corrected chi connectivity index (χ4v) is 1.90. The molecule has 1 aromatic carbocycles. The van der Waals surface area contributed by atoms with Gasteiger partial charge in [0.1, 0.15) is 0 Å². The Hall–Kier alpha value is -1.88. The van der Waals surface area contributed by atoms with Crippen molar-refractivity contribution in [2.24, 2.45) is 0 Å². The second-order valence-electron chi connectivity index (χ2n) is 4.60. The highest BCUT2D eigenvalue weighted by atomic mass is 16.4. The van der Waals surface area contributed by atoms with Crippen LogP contribution in [0.2, 0.25) is 0 Å². The number of quaternary nitrogens is 1. The van der Waals surface area contributed by atoms with Crippen molar-refractivity contribution in [1.29, 1.82) is 0 Å². The highest BCUT2D eigenvalue weighted by Crippen LogP contribution is 2.18. The maximum atomic E-state index is 11.9. The molecule has 20 heavy (non-hydrogen) atoms. The Balaban J connectivity index is 0.00000361. The normalized spacial score (nSPS) is 9.85. The average Bonchev–Trinajstić information content (AvgIpc) is 2.38. The minimum absolute atomic E-state index is 0. The molecular formula is C15H23NO4. The van der Waals surface area contributed by atoms with Crippen LogP contribution >= 0.6 is 0 Å². The second kappa shape index (κ2) is 9.09. The molecular weight excluding hydrogens is 258 g/mol. The summed E-state index contributed by atoms with van der Waals surface area (Å²) < 4.78 is 0. The zero-order valence-corrected chi connectivity index (χ0v) is 12.1. The van der Waals surface area contributed by atoms with Gasteiger partial charge in [0.05, 0.1) is 5.56 Å². The van der Waals surface area contributed by atoms with E-state index in [0.29, 0.717) is 12.0 Å². The highest BCUT2D eigenvalue weighted by Gasteiger charge is 2.10. The maximum Gasteiger partial charge on any atom is 0.335 e. The summed E-state index contributed by atoms with van der Waals surface area (Å²) in [5, 5.41) is 20.1. The first-order valence-corrected chi connectivity index (χ1v) is 6.63.